The Morgan fingerprint density at radius 1 is 1.12 bits per heavy atom. The molecule has 0 bridgehead atoms. The van der Waals surface area contributed by atoms with Crippen molar-refractivity contribution in [3.05, 3.63) is 34.4 Å². The van der Waals surface area contributed by atoms with Gasteiger partial charge >= 0.3 is 0 Å². The van der Waals surface area contributed by atoms with E-state index in [9.17, 15) is 5.11 Å². The number of rotatable bonds is 5. The van der Waals surface area contributed by atoms with Gasteiger partial charge in [0.2, 0.25) is 0 Å². The second kappa shape index (κ2) is 5.65. The highest BCUT2D eigenvalue weighted by atomic mass is 16.3. The third-order valence-corrected chi connectivity index (χ3v) is 3.30. The maximum absolute atomic E-state index is 9.59. The van der Waals surface area contributed by atoms with Crippen LogP contribution in [-0.4, -0.2) is 23.8 Å². The van der Waals surface area contributed by atoms with Crippen LogP contribution in [0.25, 0.3) is 0 Å². The molecule has 0 saturated carbocycles. The van der Waals surface area contributed by atoms with Crippen LogP contribution in [-0.2, 0) is 6.42 Å². The Labute approximate surface area is 105 Å². The Morgan fingerprint density at radius 3 is 2.35 bits per heavy atom. The molecule has 0 spiro atoms. The first kappa shape index (κ1) is 14.2. The van der Waals surface area contributed by atoms with E-state index in [4.69, 9.17) is 0 Å². The summed E-state index contributed by atoms with van der Waals surface area (Å²) in [5.74, 6) is 0. The minimum atomic E-state index is -0.627. The van der Waals surface area contributed by atoms with Gasteiger partial charge in [-0.1, -0.05) is 12.1 Å². The summed E-state index contributed by atoms with van der Waals surface area (Å²) in [6.45, 7) is 11.7. The summed E-state index contributed by atoms with van der Waals surface area (Å²) in [6.07, 6.45) is 1.02. The average molecular weight is 235 g/mol. The molecule has 0 atom stereocenters. The van der Waals surface area contributed by atoms with E-state index in [0.29, 0.717) is 6.54 Å². The van der Waals surface area contributed by atoms with Crippen LogP contribution in [0.15, 0.2) is 12.1 Å². The molecule has 0 radical (unpaired) electrons. The van der Waals surface area contributed by atoms with Crippen LogP contribution in [0.5, 0.6) is 0 Å². The number of hydrogen-bond donors (Lipinski definition) is 2. The molecule has 0 aliphatic carbocycles. The van der Waals surface area contributed by atoms with E-state index >= 15 is 0 Å². The van der Waals surface area contributed by atoms with Gasteiger partial charge in [-0.3, -0.25) is 0 Å². The number of benzene rings is 1. The maximum atomic E-state index is 9.59. The van der Waals surface area contributed by atoms with Crippen LogP contribution in [0.2, 0.25) is 0 Å². The minimum absolute atomic E-state index is 0.627. The molecule has 0 fully saturated rings. The summed E-state index contributed by atoms with van der Waals surface area (Å²) >= 11 is 0. The van der Waals surface area contributed by atoms with Gasteiger partial charge in [0.25, 0.3) is 0 Å². The maximum Gasteiger partial charge on any atom is 0.0715 e. The van der Waals surface area contributed by atoms with E-state index in [2.05, 4.69) is 38.2 Å². The molecule has 2 nitrogen and oxygen atoms in total. The van der Waals surface area contributed by atoms with E-state index in [1.165, 1.54) is 22.3 Å². The van der Waals surface area contributed by atoms with Gasteiger partial charge < -0.3 is 10.4 Å². The molecular formula is C15H25NO. The van der Waals surface area contributed by atoms with Crippen molar-refractivity contribution in [2.45, 2.75) is 46.6 Å². The molecule has 2 heteroatoms. The second-order valence-electron chi connectivity index (χ2n) is 5.53. The first-order valence-corrected chi connectivity index (χ1v) is 6.30. The molecular weight excluding hydrogens is 210 g/mol. The summed E-state index contributed by atoms with van der Waals surface area (Å²) in [6, 6.07) is 4.40. The van der Waals surface area contributed by atoms with Crippen molar-refractivity contribution in [3.63, 3.8) is 0 Å². The van der Waals surface area contributed by atoms with Crippen molar-refractivity contribution >= 4 is 0 Å². The van der Waals surface area contributed by atoms with Gasteiger partial charge in [-0.15, -0.1) is 0 Å². The van der Waals surface area contributed by atoms with Crippen molar-refractivity contribution in [2.75, 3.05) is 13.1 Å². The van der Waals surface area contributed by atoms with E-state index in [1.54, 1.807) is 0 Å². The van der Waals surface area contributed by atoms with E-state index in [0.717, 1.165) is 13.0 Å². The van der Waals surface area contributed by atoms with Gasteiger partial charge in [-0.05, 0) is 69.8 Å². The minimum Gasteiger partial charge on any atom is -0.389 e. The van der Waals surface area contributed by atoms with Crippen LogP contribution < -0.4 is 5.32 Å². The monoisotopic (exact) mass is 235 g/mol. The smallest absolute Gasteiger partial charge is 0.0715 e. The first-order valence-electron chi connectivity index (χ1n) is 6.30. The van der Waals surface area contributed by atoms with Crippen molar-refractivity contribution in [1.82, 2.24) is 5.32 Å². The van der Waals surface area contributed by atoms with Crippen molar-refractivity contribution in [3.8, 4) is 0 Å². The summed E-state index contributed by atoms with van der Waals surface area (Å²) in [7, 11) is 0. The Bertz CT molecular complexity index is 377. The molecule has 0 amide bonds. The first-order chi connectivity index (χ1) is 7.81. The zero-order valence-corrected chi connectivity index (χ0v) is 11.7. The Kier molecular flexibility index (Phi) is 4.72. The van der Waals surface area contributed by atoms with E-state index in [-0.39, 0.29) is 0 Å². The van der Waals surface area contributed by atoms with Crippen molar-refractivity contribution < 1.29 is 5.11 Å². The fourth-order valence-electron chi connectivity index (χ4n) is 1.90. The second-order valence-corrected chi connectivity index (χ2v) is 5.53. The zero-order chi connectivity index (χ0) is 13.1. The number of aryl methyl sites for hydroxylation is 1. The molecule has 2 N–H and O–H groups in total. The average Bonchev–Trinajstić information content (AvgIpc) is 2.22. The molecule has 0 aromatic heterocycles. The SMILES string of the molecule is Cc1ccc(CCNCC(C)(C)O)c(C)c1C. The lowest BCUT2D eigenvalue weighted by molar-refractivity contribution is 0.0801. The highest BCUT2D eigenvalue weighted by Gasteiger charge is 2.11. The van der Waals surface area contributed by atoms with E-state index < -0.39 is 5.60 Å². The lowest BCUT2D eigenvalue weighted by Crippen LogP contribution is -2.35. The molecule has 1 rings (SSSR count). The van der Waals surface area contributed by atoms with Gasteiger partial charge in [0, 0.05) is 6.54 Å². The standard InChI is InChI=1S/C15H25NO/c1-11-6-7-14(13(3)12(11)2)8-9-16-10-15(4,5)17/h6-7,16-17H,8-10H2,1-5H3. The zero-order valence-electron chi connectivity index (χ0n) is 11.7. The van der Waals surface area contributed by atoms with Crippen LogP contribution in [0.3, 0.4) is 0 Å². The quantitative estimate of drug-likeness (QED) is 0.769. The van der Waals surface area contributed by atoms with Gasteiger partial charge in [0.15, 0.2) is 0 Å². The number of nitrogens with one attached hydrogen (secondary N) is 1. The van der Waals surface area contributed by atoms with Gasteiger partial charge in [-0.25, -0.2) is 0 Å². The van der Waals surface area contributed by atoms with E-state index in [1.807, 2.05) is 13.8 Å². The normalized spacial score (nSPS) is 11.9. The Hall–Kier alpha value is -0.860. The summed E-state index contributed by atoms with van der Waals surface area (Å²) < 4.78 is 0. The molecule has 0 heterocycles. The highest BCUT2D eigenvalue weighted by Crippen LogP contribution is 2.17. The van der Waals surface area contributed by atoms with Crippen LogP contribution >= 0.6 is 0 Å². The van der Waals surface area contributed by atoms with Crippen LogP contribution in [0.4, 0.5) is 0 Å². The van der Waals surface area contributed by atoms with Gasteiger partial charge in [-0.2, -0.15) is 0 Å². The number of hydrogen-bond acceptors (Lipinski definition) is 2. The molecule has 0 saturated heterocycles. The predicted molar refractivity (Wildman–Crippen MR) is 73.5 cm³/mol. The molecule has 17 heavy (non-hydrogen) atoms. The predicted octanol–water partition coefficient (Wildman–Crippen LogP) is 2.51. The summed E-state index contributed by atoms with van der Waals surface area (Å²) in [5.41, 5.74) is 4.92. The lowest BCUT2D eigenvalue weighted by atomic mass is 9.97. The largest absolute Gasteiger partial charge is 0.389 e. The van der Waals surface area contributed by atoms with Crippen LogP contribution in [0.1, 0.15) is 36.1 Å². The molecule has 1 aromatic rings. The lowest BCUT2D eigenvalue weighted by Gasteiger charge is -2.18. The van der Waals surface area contributed by atoms with Crippen molar-refractivity contribution in [1.29, 1.82) is 0 Å². The molecule has 1 aromatic carbocycles. The molecule has 0 unspecified atom stereocenters. The molecule has 0 aliphatic rings. The number of aliphatic hydroxyl groups is 1. The fraction of sp³-hybridized carbons (Fsp3) is 0.600. The third-order valence-electron chi connectivity index (χ3n) is 3.30. The van der Waals surface area contributed by atoms with Gasteiger partial charge in [0.1, 0.15) is 0 Å². The fourth-order valence-corrected chi connectivity index (χ4v) is 1.90. The molecule has 0 aliphatic heterocycles. The highest BCUT2D eigenvalue weighted by molar-refractivity contribution is 5.38. The Balaban J connectivity index is 2.51. The van der Waals surface area contributed by atoms with Crippen molar-refractivity contribution in [2.24, 2.45) is 0 Å². The summed E-state index contributed by atoms with van der Waals surface area (Å²) in [4.78, 5) is 0. The topological polar surface area (TPSA) is 32.3 Å². The summed E-state index contributed by atoms with van der Waals surface area (Å²) in [5, 5.41) is 12.9. The molecule has 96 valence electrons. The third kappa shape index (κ3) is 4.49. The van der Waals surface area contributed by atoms with Crippen LogP contribution in [0, 0.1) is 20.8 Å². The Morgan fingerprint density at radius 2 is 1.76 bits per heavy atom. The van der Waals surface area contributed by atoms with Gasteiger partial charge in [0.05, 0.1) is 5.60 Å².